The summed E-state index contributed by atoms with van der Waals surface area (Å²) in [5.74, 6) is 1.32. The van der Waals surface area contributed by atoms with Crippen LogP contribution in [0.5, 0.6) is 0 Å². The van der Waals surface area contributed by atoms with E-state index in [4.69, 9.17) is 0 Å². The average Bonchev–Trinajstić information content (AvgIpc) is 3.19. The lowest BCUT2D eigenvalue weighted by atomic mass is 10.2. The van der Waals surface area contributed by atoms with Gasteiger partial charge in [-0.2, -0.15) is 10.2 Å². The minimum absolute atomic E-state index is 0.255. The number of halogens is 1. The molecular weight excluding hydrogens is 319 g/mol. The quantitative estimate of drug-likeness (QED) is 0.734. The molecule has 7 heteroatoms. The predicted molar refractivity (Wildman–Crippen MR) is 92.9 cm³/mol. The van der Waals surface area contributed by atoms with E-state index < -0.39 is 0 Å². The van der Waals surface area contributed by atoms with Crippen LogP contribution in [0.3, 0.4) is 0 Å². The summed E-state index contributed by atoms with van der Waals surface area (Å²) in [5, 5.41) is 8.95. The van der Waals surface area contributed by atoms with Crippen molar-refractivity contribution in [3.05, 3.63) is 59.9 Å². The second-order valence-corrected chi connectivity index (χ2v) is 6.19. The molecule has 0 fully saturated rings. The molecule has 3 aromatic rings. The van der Waals surface area contributed by atoms with E-state index in [-0.39, 0.29) is 5.82 Å². The van der Waals surface area contributed by atoms with Gasteiger partial charge in [0.1, 0.15) is 11.6 Å². The maximum absolute atomic E-state index is 13.1. The molecule has 0 N–H and O–H groups in total. The van der Waals surface area contributed by atoms with Crippen molar-refractivity contribution in [3.63, 3.8) is 0 Å². The van der Waals surface area contributed by atoms with Crippen molar-refractivity contribution in [1.82, 2.24) is 29.4 Å². The molecule has 0 saturated carbocycles. The zero-order valence-corrected chi connectivity index (χ0v) is 14.1. The van der Waals surface area contributed by atoms with Gasteiger partial charge in [0.05, 0.1) is 18.8 Å². The molecule has 25 heavy (non-hydrogen) atoms. The largest absolute Gasteiger partial charge is 0.290 e. The summed E-state index contributed by atoms with van der Waals surface area (Å²) in [4.78, 5) is 6.97. The van der Waals surface area contributed by atoms with E-state index in [9.17, 15) is 4.39 Å². The topological polar surface area (TPSA) is 51.8 Å². The van der Waals surface area contributed by atoms with E-state index in [0.29, 0.717) is 5.82 Å². The molecule has 0 bridgehead atoms. The fourth-order valence-electron chi connectivity index (χ4n) is 3.05. The number of hydrogen-bond acceptors (Lipinski definition) is 4. The third kappa shape index (κ3) is 3.10. The van der Waals surface area contributed by atoms with Crippen molar-refractivity contribution in [1.29, 1.82) is 0 Å². The molecule has 0 spiro atoms. The predicted octanol–water partition coefficient (Wildman–Crippen LogP) is 2.71. The van der Waals surface area contributed by atoms with Gasteiger partial charge in [0.15, 0.2) is 5.82 Å². The minimum Gasteiger partial charge on any atom is -0.290 e. The van der Waals surface area contributed by atoms with Crippen LogP contribution in [0.4, 0.5) is 4.39 Å². The first kappa shape index (κ1) is 15.7. The van der Waals surface area contributed by atoms with Gasteiger partial charge in [0, 0.05) is 36.6 Å². The number of aryl methyl sites for hydroxylation is 1. The molecule has 3 heterocycles. The van der Waals surface area contributed by atoms with Crippen molar-refractivity contribution >= 4 is 6.20 Å². The summed E-state index contributed by atoms with van der Waals surface area (Å²) in [6.07, 6.45) is 3.70. The van der Waals surface area contributed by atoms with Crippen LogP contribution in [0.1, 0.15) is 17.1 Å². The lowest BCUT2D eigenvalue weighted by molar-refractivity contribution is 0.201. The second kappa shape index (κ2) is 6.25. The Balaban J connectivity index is 1.52. The van der Waals surface area contributed by atoms with Gasteiger partial charge in [-0.15, -0.1) is 0 Å². The second-order valence-electron chi connectivity index (χ2n) is 6.19. The van der Waals surface area contributed by atoms with Crippen LogP contribution in [-0.4, -0.2) is 36.0 Å². The first-order valence-electron chi connectivity index (χ1n) is 8.21. The first-order valence-corrected chi connectivity index (χ1v) is 8.21. The van der Waals surface area contributed by atoms with E-state index in [2.05, 4.69) is 26.7 Å². The van der Waals surface area contributed by atoms with E-state index >= 15 is 0 Å². The van der Waals surface area contributed by atoms with Crippen molar-refractivity contribution in [3.8, 4) is 11.4 Å². The molecule has 1 aliphatic rings. The van der Waals surface area contributed by atoms with E-state index in [1.165, 1.54) is 17.7 Å². The van der Waals surface area contributed by atoms with Crippen LogP contribution in [0.15, 0.2) is 37.0 Å². The molecule has 4 rings (SSSR count). The third-order valence-corrected chi connectivity index (χ3v) is 4.44. The Bertz CT molecular complexity index is 908. The van der Waals surface area contributed by atoms with Crippen LogP contribution < -0.4 is 0 Å². The molecule has 0 atom stereocenters. The minimum atomic E-state index is -0.255. The van der Waals surface area contributed by atoms with Gasteiger partial charge in [0.25, 0.3) is 0 Å². The fourth-order valence-corrected chi connectivity index (χ4v) is 3.05. The van der Waals surface area contributed by atoms with Crippen molar-refractivity contribution in [2.75, 3.05) is 6.54 Å². The highest BCUT2D eigenvalue weighted by Crippen LogP contribution is 2.20. The SMILES string of the molecule is C=Cn1cc(CN2CCn3nc(-c4ccc(F)cc4)nc3C2)c(C)n1. The summed E-state index contributed by atoms with van der Waals surface area (Å²) in [6, 6.07) is 6.28. The standard InChI is InChI=1S/C18H19FN6/c1-3-24-11-15(13(2)21-24)10-23-8-9-25-17(12-23)20-18(22-25)14-4-6-16(19)7-5-14/h3-7,11H,1,8-10,12H2,2H3. The Labute approximate surface area is 145 Å². The van der Waals surface area contributed by atoms with Gasteiger partial charge in [-0.05, 0) is 31.2 Å². The molecule has 6 nitrogen and oxygen atoms in total. The number of nitrogens with zero attached hydrogens (tertiary/aromatic N) is 6. The zero-order chi connectivity index (χ0) is 17.4. The maximum atomic E-state index is 13.1. The number of aromatic nitrogens is 5. The van der Waals surface area contributed by atoms with Gasteiger partial charge < -0.3 is 0 Å². The molecule has 0 unspecified atom stereocenters. The summed E-state index contributed by atoms with van der Waals surface area (Å²) < 4.78 is 16.8. The molecule has 1 aromatic carbocycles. The van der Waals surface area contributed by atoms with Crippen LogP contribution in [0, 0.1) is 12.7 Å². The summed E-state index contributed by atoms with van der Waals surface area (Å²) in [6.45, 7) is 8.99. The molecule has 2 aromatic heterocycles. The smallest absolute Gasteiger partial charge is 0.181 e. The number of rotatable bonds is 4. The molecule has 0 amide bonds. The molecule has 0 aliphatic carbocycles. The van der Waals surface area contributed by atoms with Crippen molar-refractivity contribution in [2.24, 2.45) is 0 Å². The molecule has 1 aliphatic heterocycles. The first-order chi connectivity index (χ1) is 12.1. The van der Waals surface area contributed by atoms with Crippen LogP contribution in [0.2, 0.25) is 0 Å². The average molecular weight is 338 g/mol. The van der Waals surface area contributed by atoms with Crippen LogP contribution >= 0.6 is 0 Å². The number of fused-ring (bicyclic) bond motifs is 1. The summed E-state index contributed by atoms with van der Waals surface area (Å²) >= 11 is 0. The fraction of sp³-hybridized carbons (Fsp3) is 0.278. The lowest BCUT2D eigenvalue weighted by Crippen LogP contribution is -2.33. The summed E-state index contributed by atoms with van der Waals surface area (Å²) in [7, 11) is 0. The number of benzene rings is 1. The van der Waals surface area contributed by atoms with E-state index in [1.54, 1.807) is 23.0 Å². The normalized spacial score (nSPS) is 14.5. The molecule has 128 valence electrons. The van der Waals surface area contributed by atoms with E-state index in [0.717, 1.165) is 43.3 Å². The highest BCUT2D eigenvalue weighted by atomic mass is 19.1. The molecular formula is C18H19FN6. The highest BCUT2D eigenvalue weighted by Gasteiger charge is 2.21. The lowest BCUT2D eigenvalue weighted by Gasteiger charge is -2.26. The number of hydrogen-bond donors (Lipinski definition) is 0. The van der Waals surface area contributed by atoms with Crippen molar-refractivity contribution in [2.45, 2.75) is 26.6 Å². The van der Waals surface area contributed by atoms with Gasteiger partial charge in [-0.3, -0.25) is 4.90 Å². The monoisotopic (exact) mass is 338 g/mol. The van der Waals surface area contributed by atoms with E-state index in [1.807, 2.05) is 17.8 Å². The van der Waals surface area contributed by atoms with Gasteiger partial charge in [-0.1, -0.05) is 6.58 Å². The van der Waals surface area contributed by atoms with Gasteiger partial charge in [-0.25, -0.2) is 18.7 Å². The van der Waals surface area contributed by atoms with Gasteiger partial charge >= 0.3 is 0 Å². The Morgan fingerprint density at radius 1 is 1.20 bits per heavy atom. The Morgan fingerprint density at radius 2 is 2.00 bits per heavy atom. The van der Waals surface area contributed by atoms with Gasteiger partial charge in [0.2, 0.25) is 0 Å². The van der Waals surface area contributed by atoms with Crippen LogP contribution in [0.25, 0.3) is 17.6 Å². The molecule has 0 radical (unpaired) electrons. The molecule has 0 saturated heterocycles. The summed E-state index contributed by atoms with van der Waals surface area (Å²) in [5.41, 5.74) is 3.03. The van der Waals surface area contributed by atoms with Crippen LogP contribution in [-0.2, 0) is 19.6 Å². The Hall–Kier alpha value is -2.80. The Kier molecular flexibility index (Phi) is 3.93. The zero-order valence-electron chi connectivity index (χ0n) is 14.1. The highest BCUT2D eigenvalue weighted by molar-refractivity contribution is 5.54. The van der Waals surface area contributed by atoms with Crippen molar-refractivity contribution < 1.29 is 4.39 Å². The maximum Gasteiger partial charge on any atom is 0.181 e. The Morgan fingerprint density at radius 3 is 2.72 bits per heavy atom. The third-order valence-electron chi connectivity index (χ3n) is 4.44.